The van der Waals surface area contributed by atoms with Gasteiger partial charge in [0.1, 0.15) is 5.75 Å². The molecule has 30 heavy (non-hydrogen) atoms. The number of sulfone groups is 1. The Morgan fingerprint density at radius 1 is 0.967 bits per heavy atom. The third-order valence-electron chi connectivity index (χ3n) is 5.15. The van der Waals surface area contributed by atoms with E-state index in [1.54, 1.807) is 43.5 Å². The molecule has 6 nitrogen and oxygen atoms in total. The van der Waals surface area contributed by atoms with Gasteiger partial charge in [0.2, 0.25) is 0 Å². The molecule has 3 aromatic rings. The van der Waals surface area contributed by atoms with Crippen LogP contribution < -0.4 is 15.4 Å². The molecule has 1 atom stereocenters. The maximum atomic E-state index is 13.1. The molecule has 0 saturated carbocycles. The van der Waals surface area contributed by atoms with E-state index in [4.69, 9.17) is 4.74 Å². The molecule has 1 unspecified atom stereocenters. The van der Waals surface area contributed by atoms with Crippen LogP contribution >= 0.6 is 0 Å². The van der Waals surface area contributed by atoms with Crippen molar-refractivity contribution in [3.05, 3.63) is 83.9 Å². The fraction of sp³-hybridized carbons (Fsp3) is 0.174. The summed E-state index contributed by atoms with van der Waals surface area (Å²) in [5.74, 6) is 0.504. The average molecular weight is 423 g/mol. The van der Waals surface area contributed by atoms with Crippen molar-refractivity contribution in [3.8, 4) is 5.75 Å². The Labute approximate surface area is 175 Å². The molecular formula is C23H22N2O4S. The summed E-state index contributed by atoms with van der Waals surface area (Å²) in [4.78, 5) is 13.4. The van der Waals surface area contributed by atoms with Crippen molar-refractivity contribution in [2.45, 2.75) is 17.4 Å². The zero-order valence-electron chi connectivity index (χ0n) is 16.5. The number of amides is 1. The van der Waals surface area contributed by atoms with Crippen molar-refractivity contribution in [3.63, 3.8) is 0 Å². The van der Waals surface area contributed by atoms with Crippen molar-refractivity contribution in [1.82, 2.24) is 5.32 Å². The predicted octanol–water partition coefficient (Wildman–Crippen LogP) is 4.09. The number of carbonyl (C=O) groups excluding carboxylic acids is 1. The Kier molecular flexibility index (Phi) is 5.46. The highest BCUT2D eigenvalue weighted by molar-refractivity contribution is 7.91. The van der Waals surface area contributed by atoms with Gasteiger partial charge in [-0.05, 0) is 54.4 Å². The van der Waals surface area contributed by atoms with Crippen molar-refractivity contribution in [2.75, 3.05) is 18.2 Å². The summed E-state index contributed by atoms with van der Waals surface area (Å²) in [6.07, 6.45) is 0.346. The standard InChI is InChI=1S/C23H22N2O4S/c1-29-17-12-10-16(11-13-17)24-20-8-4-2-7-19(20)23(26)25-21-14-15-30(27,28)22-9-5-3-6-18(21)22/h2-13,21,24H,14-15H2,1H3,(H,25,26). The maximum Gasteiger partial charge on any atom is 0.253 e. The van der Waals surface area contributed by atoms with E-state index in [1.165, 1.54) is 0 Å². The van der Waals surface area contributed by atoms with Crippen LogP contribution in [0.3, 0.4) is 0 Å². The first-order valence-electron chi connectivity index (χ1n) is 9.60. The number of nitrogens with one attached hydrogen (secondary N) is 2. The third-order valence-corrected chi connectivity index (χ3v) is 6.97. The molecule has 3 aromatic carbocycles. The van der Waals surface area contributed by atoms with Gasteiger partial charge in [-0.1, -0.05) is 30.3 Å². The second kappa shape index (κ2) is 8.20. The van der Waals surface area contributed by atoms with Crippen molar-refractivity contribution < 1.29 is 17.9 Å². The number of hydrogen-bond acceptors (Lipinski definition) is 5. The molecule has 0 radical (unpaired) electrons. The van der Waals surface area contributed by atoms with Gasteiger partial charge in [0, 0.05) is 5.69 Å². The Morgan fingerprint density at radius 3 is 2.43 bits per heavy atom. The first-order chi connectivity index (χ1) is 14.5. The smallest absolute Gasteiger partial charge is 0.253 e. The molecule has 0 aromatic heterocycles. The lowest BCUT2D eigenvalue weighted by Gasteiger charge is -2.26. The lowest BCUT2D eigenvalue weighted by Crippen LogP contribution is -2.34. The molecule has 0 spiro atoms. The normalized spacial score (nSPS) is 16.9. The SMILES string of the molecule is COc1ccc(Nc2ccccc2C(=O)NC2CCS(=O)(=O)c3ccccc32)cc1. The molecule has 0 fully saturated rings. The van der Waals surface area contributed by atoms with Crippen LogP contribution in [-0.4, -0.2) is 27.2 Å². The molecule has 1 heterocycles. The van der Waals surface area contributed by atoms with Crippen LogP contribution in [0.15, 0.2) is 77.7 Å². The monoisotopic (exact) mass is 422 g/mol. The molecule has 1 amide bonds. The second-order valence-electron chi connectivity index (χ2n) is 7.07. The predicted molar refractivity (Wildman–Crippen MR) is 116 cm³/mol. The summed E-state index contributed by atoms with van der Waals surface area (Å²) in [6.45, 7) is 0. The van der Waals surface area contributed by atoms with Gasteiger partial charge in [0.05, 0.1) is 35.1 Å². The molecule has 1 aliphatic heterocycles. The molecule has 1 aliphatic rings. The molecule has 0 bridgehead atoms. The van der Waals surface area contributed by atoms with Crippen molar-refractivity contribution in [2.24, 2.45) is 0 Å². The van der Waals surface area contributed by atoms with E-state index in [2.05, 4.69) is 10.6 Å². The topological polar surface area (TPSA) is 84.5 Å². The number of hydrogen-bond donors (Lipinski definition) is 2. The summed E-state index contributed by atoms with van der Waals surface area (Å²) in [5, 5.41) is 6.27. The molecule has 0 aliphatic carbocycles. The number of methoxy groups -OCH3 is 1. The minimum Gasteiger partial charge on any atom is -0.497 e. The minimum absolute atomic E-state index is 0.0146. The summed E-state index contributed by atoms with van der Waals surface area (Å²) in [7, 11) is -1.70. The molecule has 0 saturated heterocycles. The van der Waals surface area contributed by atoms with E-state index in [-0.39, 0.29) is 17.7 Å². The van der Waals surface area contributed by atoms with Gasteiger partial charge in [-0.3, -0.25) is 4.79 Å². The summed E-state index contributed by atoms with van der Waals surface area (Å²) in [6, 6.07) is 21.1. The highest BCUT2D eigenvalue weighted by Gasteiger charge is 2.31. The van der Waals surface area contributed by atoms with E-state index < -0.39 is 9.84 Å². The number of ether oxygens (including phenoxy) is 1. The zero-order chi connectivity index (χ0) is 21.1. The molecule has 4 rings (SSSR count). The first-order valence-corrected chi connectivity index (χ1v) is 11.3. The van der Waals surface area contributed by atoms with Crippen LogP contribution in [0.1, 0.15) is 28.4 Å². The fourth-order valence-electron chi connectivity index (χ4n) is 3.60. The third kappa shape index (κ3) is 4.02. The minimum atomic E-state index is -3.30. The van der Waals surface area contributed by atoms with E-state index >= 15 is 0 Å². The second-order valence-corrected chi connectivity index (χ2v) is 9.15. The van der Waals surface area contributed by atoms with Gasteiger partial charge in [-0.15, -0.1) is 0 Å². The van der Waals surface area contributed by atoms with E-state index in [9.17, 15) is 13.2 Å². The molecule has 154 valence electrons. The molecular weight excluding hydrogens is 400 g/mol. The van der Waals surface area contributed by atoms with Crippen molar-refractivity contribution in [1.29, 1.82) is 0 Å². The van der Waals surface area contributed by atoms with Gasteiger partial charge in [-0.2, -0.15) is 0 Å². The van der Waals surface area contributed by atoms with Crippen LogP contribution in [-0.2, 0) is 9.84 Å². The largest absolute Gasteiger partial charge is 0.497 e. The fourth-order valence-corrected chi connectivity index (χ4v) is 5.22. The van der Waals surface area contributed by atoms with E-state index in [0.717, 1.165) is 11.4 Å². The van der Waals surface area contributed by atoms with Crippen molar-refractivity contribution >= 4 is 27.1 Å². The average Bonchev–Trinajstić information content (AvgIpc) is 2.77. The number of rotatable bonds is 5. The van der Waals surface area contributed by atoms with Gasteiger partial charge in [-0.25, -0.2) is 8.42 Å². The maximum absolute atomic E-state index is 13.1. The highest BCUT2D eigenvalue weighted by Crippen LogP contribution is 2.32. The Balaban J connectivity index is 1.57. The number of benzene rings is 3. The number of fused-ring (bicyclic) bond motifs is 1. The summed E-state index contributed by atoms with van der Waals surface area (Å²) >= 11 is 0. The lowest BCUT2D eigenvalue weighted by atomic mass is 10.0. The lowest BCUT2D eigenvalue weighted by molar-refractivity contribution is 0.0935. The highest BCUT2D eigenvalue weighted by atomic mass is 32.2. The Morgan fingerprint density at radius 2 is 1.67 bits per heavy atom. The molecule has 2 N–H and O–H groups in total. The molecule has 7 heteroatoms. The summed E-state index contributed by atoms with van der Waals surface area (Å²) < 4.78 is 29.9. The van der Waals surface area contributed by atoms with Crippen LogP contribution in [0.5, 0.6) is 5.75 Å². The van der Waals surface area contributed by atoms with Gasteiger partial charge < -0.3 is 15.4 Å². The Bertz CT molecular complexity index is 1170. The number of carbonyl (C=O) groups is 1. The number of anilines is 2. The summed E-state index contributed by atoms with van der Waals surface area (Å²) in [5.41, 5.74) is 2.61. The van der Waals surface area contributed by atoms with Crippen LogP contribution in [0.25, 0.3) is 0 Å². The Hall–Kier alpha value is -3.32. The van der Waals surface area contributed by atoms with Gasteiger partial charge in [0.15, 0.2) is 9.84 Å². The van der Waals surface area contributed by atoms with E-state index in [0.29, 0.717) is 28.1 Å². The van der Waals surface area contributed by atoms with Crippen LogP contribution in [0.4, 0.5) is 11.4 Å². The van der Waals surface area contributed by atoms with Gasteiger partial charge >= 0.3 is 0 Å². The first kappa shape index (κ1) is 20.0. The van der Waals surface area contributed by atoms with Crippen LogP contribution in [0.2, 0.25) is 0 Å². The van der Waals surface area contributed by atoms with Crippen LogP contribution in [0, 0.1) is 0 Å². The zero-order valence-corrected chi connectivity index (χ0v) is 17.3. The van der Waals surface area contributed by atoms with Gasteiger partial charge in [0.25, 0.3) is 5.91 Å². The quantitative estimate of drug-likeness (QED) is 0.647. The number of para-hydroxylation sites is 1. The van der Waals surface area contributed by atoms with E-state index in [1.807, 2.05) is 36.4 Å².